The highest BCUT2D eigenvalue weighted by Crippen LogP contribution is 2.52. The standard InChI is InChI=1S/C53H45N/c1-52(2,3)40-28-23-36(24-29-40)37-25-30-41(31-26-37)54(42-32-33-49-47(35-42)45-20-13-14-22-48(45)53(49,4)5)50-34-27-39-17-9-10-19-44(39)51(50)46-21-12-11-18-43(46)38-15-7-6-8-16-38/h6-35H,1-5H3. The minimum absolute atomic E-state index is 0.0673. The van der Waals surface area contributed by atoms with E-state index < -0.39 is 0 Å². The third-order valence-electron chi connectivity index (χ3n) is 11.5. The van der Waals surface area contributed by atoms with Crippen LogP contribution in [-0.4, -0.2) is 0 Å². The van der Waals surface area contributed by atoms with Crippen LogP contribution >= 0.6 is 0 Å². The van der Waals surface area contributed by atoms with Gasteiger partial charge in [-0.3, -0.25) is 0 Å². The predicted octanol–water partition coefficient (Wildman–Crippen LogP) is 14.9. The third kappa shape index (κ3) is 5.72. The van der Waals surface area contributed by atoms with E-state index in [-0.39, 0.29) is 10.8 Å². The fourth-order valence-corrected chi connectivity index (χ4v) is 8.54. The molecule has 0 unspecified atom stereocenters. The normalized spacial score (nSPS) is 13.1. The van der Waals surface area contributed by atoms with Gasteiger partial charge in [0.2, 0.25) is 0 Å². The van der Waals surface area contributed by atoms with Gasteiger partial charge in [0.1, 0.15) is 0 Å². The molecule has 54 heavy (non-hydrogen) atoms. The van der Waals surface area contributed by atoms with Crippen LogP contribution in [0.5, 0.6) is 0 Å². The maximum atomic E-state index is 2.48. The van der Waals surface area contributed by atoms with Crippen LogP contribution in [0.2, 0.25) is 0 Å². The molecule has 0 bridgehead atoms. The predicted molar refractivity (Wildman–Crippen MR) is 231 cm³/mol. The van der Waals surface area contributed by atoms with Crippen molar-refractivity contribution in [3.05, 3.63) is 199 Å². The van der Waals surface area contributed by atoms with Crippen LogP contribution in [0.15, 0.2) is 182 Å². The molecule has 0 N–H and O–H groups in total. The van der Waals surface area contributed by atoms with Crippen molar-refractivity contribution >= 4 is 27.8 Å². The van der Waals surface area contributed by atoms with Gasteiger partial charge < -0.3 is 4.90 Å². The average molecular weight is 696 g/mol. The molecule has 0 saturated heterocycles. The largest absolute Gasteiger partial charge is 0.310 e. The van der Waals surface area contributed by atoms with Gasteiger partial charge >= 0.3 is 0 Å². The molecule has 0 heterocycles. The van der Waals surface area contributed by atoms with Gasteiger partial charge in [0.15, 0.2) is 0 Å². The van der Waals surface area contributed by atoms with Crippen molar-refractivity contribution in [1.29, 1.82) is 0 Å². The molecule has 0 radical (unpaired) electrons. The fourth-order valence-electron chi connectivity index (χ4n) is 8.54. The summed E-state index contributed by atoms with van der Waals surface area (Å²) >= 11 is 0. The van der Waals surface area contributed by atoms with Gasteiger partial charge in [-0.15, -0.1) is 0 Å². The molecule has 9 rings (SSSR count). The van der Waals surface area contributed by atoms with Crippen LogP contribution in [-0.2, 0) is 10.8 Å². The van der Waals surface area contributed by atoms with Crippen molar-refractivity contribution in [1.82, 2.24) is 0 Å². The quantitative estimate of drug-likeness (QED) is 0.167. The Morgan fingerprint density at radius 1 is 0.426 bits per heavy atom. The summed E-state index contributed by atoms with van der Waals surface area (Å²) in [6.07, 6.45) is 0. The number of rotatable bonds is 6. The summed E-state index contributed by atoms with van der Waals surface area (Å²) < 4.78 is 0. The second kappa shape index (κ2) is 13.0. The fraction of sp³-hybridized carbons (Fsp3) is 0.132. The molecule has 1 aliphatic carbocycles. The van der Waals surface area contributed by atoms with Gasteiger partial charge in [0.05, 0.1) is 5.69 Å². The second-order valence-corrected chi connectivity index (χ2v) is 16.2. The summed E-state index contributed by atoms with van der Waals surface area (Å²) in [6.45, 7) is 11.5. The maximum absolute atomic E-state index is 2.48. The van der Waals surface area contributed by atoms with Gasteiger partial charge in [0.25, 0.3) is 0 Å². The van der Waals surface area contributed by atoms with Crippen LogP contribution in [0, 0.1) is 0 Å². The van der Waals surface area contributed by atoms with Crippen LogP contribution in [0.3, 0.4) is 0 Å². The van der Waals surface area contributed by atoms with E-state index in [1.165, 1.54) is 72.0 Å². The van der Waals surface area contributed by atoms with Crippen molar-refractivity contribution in [3.63, 3.8) is 0 Å². The van der Waals surface area contributed by atoms with E-state index >= 15 is 0 Å². The monoisotopic (exact) mass is 695 g/mol. The summed E-state index contributed by atoms with van der Waals surface area (Å²) in [7, 11) is 0. The summed E-state index contributed by atoms with van der Waals surface area (Å²) in [5.74, 6) is 0. The molecule has 0 spiro atoms. The molecule has 262 valence electrons. The lowest BCUT2D eigenvalue weighted by atomic mass is 9.82. The first-order valence-corrected chi connectivity index (χ1v) is 19.1. The maximum Gasteiger partial charge on any atom is 0.0546 e. The van der Waals surface area contributed by atoms with Crippen molar-refractivity contribution in [2.45, 2.75) is 45.4 Å². The molecular weight excluding hydrogens is 651 g/mol. The molecule has 1 nitrogen and oxygen atoms in total. The average Bonchev–Trinajstić information content (AvgIpc) is 3.43. The van der Waals surface area contributed by atoms with E-state index in [0.29, 0.717) is 0 Å². The Morgan fingerprint density at radius 3 is 1.72 bits per heavy atom. The number of nitrogens with zero attached hydrogens (tertiary/aromatic N) is 1. The van der Waals surface area contributed by atoms with Crippen LogP contribution < -0.4 is 4.90 Å². The first-order valence-electron chi connectivity index (χ1n) is 19.1. The number of benzene rings is 8. The minimum atomic E-state index is -0.0673. The highest BCUT2D eigenvalue weighted by molar-refractivity contribution is 6.08. The number of hydrogen-bond donors (Lipinski definition) is 0. The zero-order valence-corrected chi connectivity index (χ0v) is 31.8. The Labute approximate surface area is 320 Å². The molecule has 8 aromatic rings. The van der Waals surface area contributed by atoms with Crippen molar-refractivity contribution < 1.29 is 0 Å². The minimum Gasteiger partial charge on any atom is -0.310 e. The molecular formula is C53H45N. The molecule has 0 aromatic heterocycles. The summed E-state index contributed by atoms with van der Waals surface area (Å²) in [6, 6.07) is 67.3. The van der Waals surface area contributed by atoms with Crippen LogP contribution in [0.4, 0.5) is 17.1 Å². The summed E-state index contributed by atoms with van der Waals surface area (Å²) in [4.78, 5) is 2.48. The highest BCUT2D eigenvalue weighted by atomic mass is 15.1. The smallest absolute Gasteiger partial charge is 0.0546 e. The van der Waals surface area contributed by atoms with E-state index in [4.69, 9.17) is 0 Å². The Hall–Kier alpha value is -6.18. The molecule has 1 aliphatic rings. The molecule has 1 heteroatoms. The summed E-state index contributed by atoms with van der Waals surface area (Å²) in [5.41, 5.74) is 17.4. The topological polar surface area (TPSA) is 3.24 Å². The van der Waals surface area contributed by atoms with Crippen molar-refractivity contribution in [3.8, 4) is 44.5 Å². The lowest BCUT2D eigenvalue weighted by molar-refractivity contribution is 0.590. The van der Waals surface area contributed by atoms with Gasteiger partial charge in [-0.2, -0.15) is 0 Å². The number of anilines is 3. The van der Waals surface area contributed by atoms with E-state index in [1.807, 2.05) is 0 Å². The number of fused-ring (bicyclic) bond motifs is 4. The zero-order chi connectivity index (χ0) is 37.0. The Kier molecular flexibility index (Phi) is 8.12. The highest BCUT2D eigenvalue weighted by Gasteiger charge is 2.35. The molecule has 0 aliphatic heterocycles. The van der Waals surface area contributed by atoms with Gasteiger partial charge in [0, 0.05) is 22.4 Å². The van der Waals surface area contributed by atoms with E-state index in [1.54, 1.807) is 0 Å². The van der Waals surface area contributed by atoms with Crippen LogP contribution in [0.25, 0.3) is 55.3 Å². The third-order valence-corrected chi connectivity index (χ3v) is 11.5. The Balaban J connectivity index is 1.28. The second-order valence-electron chi connectivity index (χ2n) is 16.2. The van der Waals surface area contributed by atoms with Crippen LogP contribution in [0.1, 0.15) is 51.3 Å². The first kappa shape index (κ1) is 33.6. The zero-order valence-electron chi connectivity index (χ0n) is 31.8. The molecule has 0 saturated carbocycles. The summed E-state index contributed by atoms with van der Waals surface area (Å²) in [5, 5.41) is 2.45. The van der Waals surface area contributed by atoms with Gasteiger partial charge in [-0.25, -0.2) is 0 Å². The van der Waals surface area contributed by atoms with Gasteiger partial charge in [-0.1, -0.05) is 186 Å². The molecule has 8 aromatic carbocycles. The van der Waals surface area contributed by atoms with E-state index in [9.17, 15) is 0 Å². The Bertz CT molecular complexity index is 2640. The SMILES string of the molecule is CC(C)(C)c1ccc(-c2ccc(N(c3ccc4c(c3)-c3ccccc3C4(C)C)c3ccc4ccccc4c3-c3ccccc3-c3ccccc3)cc2)cc1. The van der Waals surface area contributed by atoms with Crippen molar-refractivity contribution in [2.24, 2.45) is 0 Å². The number of hydrogen-bond acceptors (Lipinski definition) is 1. The Morgan fingerprint density at radius 2 is 1.00 bits per heavy atom. The van der Waals surface area contributed by atoms with Crippen molar-refractivity contribution in [2.75, 3.05) is 4.90 Å². The van der Waals surface area contributed by atoms with Gasteiger partial charge in [-0.05, 0) is 102 Å². The lowest BCUT2D eigenvalue weighted by Crippen LogP contribution is -2.15. The first-order chi connectivity index (χ1) is 26.2. The lowest BCUT2D eigenvalue weighted by Gasteiger charge is -2.30. The molecule has 0 atom stereocenters. The van der Waals surface area contributed by atoms with E-state index in [0.717, 1.165) is 17.1 Å². The molecule has 0 fully saturated rings. The molecule has 0 amide bonds. The van der Waals surface area contributed by atoms with E-state index in [2.05, 4.69) is 222 Å².